The molecule has 0 amide bonds. The molecule has 39 heavy (non-hydrogen) atoms. The molecular weight excluding hydrogens is 484 g/mol. The average Bonchev–Trinajstić information content (AvgIpc) is 3.32. The molecule has 0 aliphatic carbocycles. The Labute approximate surface area is 234 Å². The second kappa shape index (κ2) is 12.0. The van der Waals surface area contributed by atoms with Gasteiger partial charge in [-0.3, -0.25) is 4.90 Å². The quantitative estimate of drug-likeness (QED) is 0.292. The Balaban J connectivity index is 1.38. The lowest BCUT2D eigenvalue weighted by Crippen LogP contribution is -2.37. The maximum absolute atomic E-state index is 6.42. The van der Waals surface area contributed by atoms with Gasteiger partial charge in [-0.1, -0.05) is 25.1 Å². The highest BCUT2D eigenvalue weighted by atomic mass is 16.5. The molecule has 0 spiro atoms. The van der Waals surface area contributed by atoms with Gasteiger partial charge in [0.15, 0.2) is 5.65 Å². The third-order valence-electron chi connectivity index (χ3n) is 8.30. The van der Waals surface area contributed by atoms with Crippen molar-refractivity contribution in [1.82, 2.24) is 24.4 Å². The van der Waals surface area contributed by atoms with E-state index < -0.39 is 0 Å². The third kappa shape index (κ3) is 5.93. The highest BCUT2D eigenvalue weighted by molar-refractivity contribution is 5.69. The number of ether oxygens (including phenoxy) is 1. The first-order chi connectivity index (χ1) is 18.9. The monoisotopic (exact) mass is 530 g/mol. The molecule has 0 bridgehead atoms. The van der Waals surface area contributed by atoms with Crippen LogP contribution in [0.3, 0.4) is 0 Å². The van der Waals surface area contributed by atoms with Crippen LogP contribution in [0, 0.1) is 13.8 Å². The molecule has 0 N–H and O–H groups in total. The number of nitrogens with zero attached hydrogens (tertiary/aromatic N) is 6. The summed E-state index contributed by atoms with van der Waals surface area (Å²) in [5.74, 6) is 1.99. The number of likely N-dealkylation sites (tertiary alicyclic amines) is 1. The van der Waals surface area contributed by atoms with Gasteiger partial charge in [0, 0.05) is 61.3 Å². The van der Waals surface area contributed by atoms with Crippen LogP contribution in [0.2, 0.25) is 0 Å². The predicted octanol–water partition coefficient (Wildman–Crippen LogP) is 6.25. The number of rotatable bonds is 11. The smallest absolute Gasteiger partial charge is 0.157 e. The molecule has 210 valence electrons. The Kier molecular flexibility index (Phi) is 8.46. The average molecular weight is 531 g/mol. The Morgan fingerprint density at radius 1 is 1.08 bits per heavy atom. The zero-order valence-corrected chi connectivity index (χ0v) is 24.6. The largest absolute Gasteiger partial charge is 0.492 e. The number of anilines is 1. The summed E-state index contributed by atoms with van der Waals surface area (Å²) in [6.07, 6.45) is 5.80. The van der Waals surface area contributed by atoms with Crippen molar-refractivity contribution in [3.63, 3.8) is 0 Å². The van der Waals surface area contributed by atoms with Crippen LogP contribution in [-0.2, 0) is 0 Å². The Morgan fingerprint density at radius 2 is 1.90 bits per heavy atom. The molecule has 2 aromatic heterocycles. The van der Waals surface area contributed by atoms with Crippen molar-refractivity contribution < 1.29 is 4.74 Å². The van der Waals surface area contributed by atoms with Gasteiger partial charge in [0.2, 0.25) is 0 Å². The fraction of sp³-hybridized carbons (Fsp3) is 0.562. The van der Waals surface area contributed by atoms with E-state index in [0.717, 1.165) is 91.8 Å². The molecule has 2 fully saturated rings. The second-order valence-electron chi connectivity index (χ2n) is 11.6. The summed E-state index contributed by atoms with van der Waals surface area (Å²) in [4.78, 5) is 12.2. The number of aryl methyl sites for hydroxylation is 2. The van der Waals surface area contributed by atoms with Crippen LogP contribution in [0.25, 0.3) is 11.3 Å². The fourth-order valence-electron chi connectivity index (χ4n) is 5.90. The normalized spacial score (nSPS) is 17.8. The van der Waals surface area contributed by atoms with Gasteiger partial charge < -0.3 is 14.5 Å². The minimum absolute atomic E-state index is 0.175. The highest BCUT2D eigenvalue weighted by Crippen LogP contribution is 2.39. The lowest BCUT2D eigenvalue weighted by atomic mass is 9.96. The standard InChI is InChI=1S/C32H46N6O/c1-7-14-35(23(2)3)18-19-39-30-13-12-24(4)20-27(30)26(6)37-17-9-8-11-29(37)28-22-32-33-31(36-15-10-16-36)21-25(5)38(32)34-28/h12-13,20-23,29H,6-11,14-19H2,1-5H3. The maximum Gasteiger partial charge on any atom is 0.157 e. The molecule has 1 unspecified atom stereocenters. The molecular formula is C32H46N6O. The molecule has 7 heteroatoms. The molecule has 1 aromatic carbocycles. The third-order valence-corrected chi connectivity index (χ3v) is 8.30. The van der Waals surface area contributed by atoms with Crippen LogP contribution < -0.4 is 9.64 Å². The van der Waals surface area contributed by atoms with E-state index in [1.165, 1.54) is 18.4 Å². The highest BCUT2D eigenvalue weighted by Gasteiger charge is 2.29. The van der Waals surface area contributed by atoms with Crippen molar-refractivity contribution in [2.24, 2.45) is 0 Å². The van der Waals surface area contributed by atoms with Crippen molar-refractivity contribution in [3.05, 3.63) is 59.4 Å². The van der Waals surface area contributed by atoms with E-state index in [2.05, 4.69) is 86.2 Å². The van der Waals surface area contributed by atoms with Gasteiger partial charge >= 0.3 is 0 Å². The first-order valence-corrected chi connectivity index (χ1v) is 14.9. The van der Waals surface area contributed by atoms with Crippen molar-refractivity contribution in [3.8, 4) is 5.75 Å². The molecule has 7 nitrogen and oxygen atoms in total. The van der Waals surface area contributed by atoms with Gasteiger partial charge in [-0.05, 0) is 78.5 Å². The van der Waals surface area contributed by atoms with E-state index in [-0.39, 0.29) is 6.04 Å². The van der Waals surface area contributed by atoms with E-state index in [4.69, 9.17) is 14.8 Å². The summed E-state index contributed by atoms with van der Waals surface area (Å²) >= 11 is 0. The Hall–Kier alpha value is -3.06. The number of benzene rings is 1. The van der Waals surface area contributed by atoms with Gasteiger partial charge in [-0.25, -0.2) is 9.50 Å². The van der Waals surface area contributed by atoms with Crippen molar-refractivity contribution in [2.45, 2.75) is 78.8 Å². The first-order valence-electron chi connectivity index (χ1n) is 14.9. The second-order valence-corrected chi connectivity index (χ2v) is 11.6. The zero-order chi connectivity index (χ0) is 27.5. The van der Waals surface area contributed by atoms with E-state index >= 15 is 0 Å². The minimum Gasteiger partial charge on any atom is -0.492 e. The van der Waals surface area contributed by atoms with Crippen LogP contribution >= 0.6 is 0 Å². The summed E-state index contributed by atoms with van der Waals surface area (Å²) in [5, 5.41) is 5.07. The molecule has 4 heterocycles. The van der Waals surface area contributed by atoms with Gasteiger partial charge in [-0.2, -0.15) is 5.10 Å². The molecule has 2 saturated heterocycles. The van der Waals surface area contributed by atoms with E-state index in [0.29, 0.717) is 12.6 Å². The number of fused-ring (bicyclic) bond motifs is 1. The van der Waals surface area contributed by atoms with Crippen LogP contribution in [0.4, 0.5) is 5.82 Å². The molecule has 3 aromatic rings. The van der Waals surface area contributed by atoms with Gasteiger partial charge in [0.1, 0.15) is 18.2 Å². The van der Waals surface area contributed by atoms with Gasteiger partial charge in [0.05, 0.1) is 11.7 Å². The topological polar surface area (TPSA) is 49.1 Å². The lowest BCUT2D eigenvalue weighted by molar-refractivity contribution is 0.175. The molecule has 1 atom stereocenters. The SMILES string of the molecule is C=C(c1cc(C)ccc1OCCN(CCC)C(C)C)N1CCCCC1c1cc2nc(N3CCC3)cc(C)n2n1. The molecule has 2 aliphatic rings. The first kappa shape index (κ1) is 27.5. The molecule has 2 aliphatic heterocycles. The van der Waals surface area contributed by atoms with Crippen molar-refractivity contribution >= 4 is 17.2 Å². The van der Waals surface area contributed by atoms with Crippen LogP contribution in [0.1, 0.15) is 81.4 Å². The van der Waals surface area contributed by atoms with Crippen LogP contribution in [0.15, 0.2) is 36.9 Å². The van der Waals surface area contributed by atoms with Gasteiger partial charge in [-0.15, -0.1) is 0 Å². The maximum atomic E-state index is 6.42. The Bertz CT molecular complexity index is 1290. The van der Waals surface area contributed by atoms with E-state index in [1.54, 1.807) is 0 Å². The van der Waals surface area contributed by atoms with Crippen LogP contribution in [0.5, 0.6) is 5.75 Å². The zero-order valence-electron chi connectivity index (χ0n) is 24.6. The predicted molar refractivity (Wildman–Crippen MR) is 161 cm³/mol. The fourth-order valence-corrected chi connectivity index (χ4v) is 5.90. The van der Waals surface area contributed by atoms with Crippen molar-refractivity contribution in [2.75, 3.05) is 44.2 Å². The van der Waals surface area contributed by atoms with E-state index in [1.807, 2.05) is 4.52 Å². The van der Waals surface area contributed by atoms with Crippen LogP contribution in [-0.4, -0.2) is 69.8 Å². The molecule has 5 rings (SSSR count). The number of aromatic nitrogens is 3. The summed E-state index contributed by atoms with van der Waals surface area (Å²) in [5.41, 5.74) is 6.47. The number of piperidine rings is 1. The minimum atomic E-state index is 0.175. The van der Waals surface area contributed by atoms with Gasteiger partial charge in [0.25, 0.3) is 0 Å². The lowest BCUT2D eigenvalue weighted by Gasteiger charge is -2.38. The molecule has 0 saturated carbocycles. The Morgan fingerprint density at radius 3 is 2.62 bits per heavy atom. The summed E-state index contributed by atoms with van der Waals surface area (Å²) in [6.45, 7) is 21.5. The molecule has 0 radical (unpaired) electrons. The van der Waals surface area contributed by atoms with E-state index in [9.17, 15) is 0 Å². The summed E-state index contributed by atoms with van der Waals surface area (Å²) < 4.78 is 8.43. The summed E-state index contributed by atoms with van der Waals surface area (Å²) in [7, 11) is 0. The number of hydrogen-bond acceptors (Lipinski definition) is 6. The summed E-state index contributed by atoms with van der Waals surface area (Å²) in [6, 6.07) is 11.5. The number of hydrogen-bond donors (Lipinski definition) is 0. The van der Waals surface area contributed by atoms with Crippen molar-refractivity contribution in [1.29, 1.82) is 0 Å².